The summed E-state index contributed by atoms with van der Waals surface area (Å²) in [5, 5.41) is 3.50. The Bertz CT molecular complexity index is 396. The Labute approximate surface area is 104 Å². The summed E-state index contributed by atoms with van der Waals surface area (Å²) < 4.78 is 2.74. The molecule has 1 unspecified atom stereocenters. The summed E-state index contributed by atoms with van der Waals surface area (Å²) in [6.45, 7) is 1.92. The van der Waals surface area contributed by atoms with E-state index in [4.69, 9.17) is 0 Å². The third kappa shape index (κ3) is 3.19. The highest BCUT2D eigenvalue weighted by molar-refractivity contribution is 9.10. The SMILES string of the molecule is O=c1ccc(Br)cn1CCC1CCCCN1. The van der Waals surface area contributed by atoms with Gasteiger partial charge in [-0.2, -0.15) is 0 Å². The topological polar surface area (TPSA) is 34.0 Å². The van der Waals surface area contributed by atoms with Crippen molar-refractivity contribution in [3.8, 4) is 0 Å². The van der Waals surface area contributed by atoms with E-state index in [-0.39, 0.29) is 5.56 Å². The smallest absolute Gasteiger partial charge is 0.250 e. The molecule has 0 bridgehead atoms. The maximum atomic E-state index is 11.6. The van der Waals surface area contributed by atoms with Crippen LogP contribution in [0.4, 0.5) is 0 Å². The van der Waals surface area contributed by atoms with Gasteiger partial charge in [0.25, 0.3) is 5.56 Å². The number of hydrogen-bond donors (Lipinski definition) is 1. The van der Waals surface area contributed by atoms with Crippen molar-refractivity contribution in [1.29, 1.82) is 0 Å². The second-order valence-corrected chi connectivity index (χ2v) is 5.23. The average molecular weight is 285 g/mol. The molecule has 1 fully saturated rings. The van der Waals surface area contributed by atoms with Gasteiger partial charge in [-0.05, 0) is 47.8 Å². The minimum Gasteiger partial charge on any atom is -0.314 e. The second-order valence-electron chi connectivity index (χ2n) is 4.31. The minimum absolute atomic E-state index is 0.0824. The van der Waals surface area contributed by atoms with Crippen LogP contribution in [0, 0.1) is 0 Å². The van der Waals surface area contributed by atoms with Gasteiger partial charge < -0.3 is 9.88 Å². The Hall–Kier alpha value is -0.610. The van der Waals surface area contributed by atoms with Gasteiger partial charge in [0.2, 0.25) is 0 Å². The molecule has 0 spiro atoms. The molecule has 0 saturated carbocycles. The lowest BCUT2D eigenvalue weighted by Gasteiger charge is -2.23. The molecule has 1 aromatic rings. The summed E-state index contributed by atoms with van der Waals surface area (Å²) >= 11 is 3.39. The summed E-state index contributed by atoms with van der Waals surface area (Å²) in [6.07, 6.45) is 6.74. The molecule has 1 atom stereocenters. The van der Waals surface area contributed by atoms with Gasteiger partial charge in [-0.25, -0.2) is 0 Å². The summed E-state index contributed by atoms with van der Waals surface area (Å²) in [5.41, 5.74) is 0.0824. The summed E-state index contributed by atoms with van der Waals surface area (Å²) in [6, 6.07) is 3.98. The molecule has 2 rings (SSSR count). The van der Waals surface area contributed by atoms with Crippen molar-refractivity contribution < 1.29 is 0 Å². The predicted octanol–water partition coefficient (Wildman–Crippen LogP) is 2.14. The molecule has 1 N–H and O–H groups in total. The zero-order valence-electron chi connectivity index (χ0n) is 9.29. The largest absolute Gasteiger partial charge is 0.314 e. The van der Waals surface area contributed by atoms with Crippen LogP contribution < -0.4 is 10.9 Å². The Morgan fingerprint density at radius 1 is 1.44 bits per heavy atom. The number of nitrogens with one attached hydrogen (secondary N) is 1. The fourth-order valence-corrected chi connectivity index (χ4v) is 2.52. The van der Waals surface area contributed by atoms with Crippen LogP contribution in [0.5, 0.6) is 0 Å². The number of rotatable bonds is 3. The fourth-order valence-electron chi connectivity index (χ4n) is 2.14. The lowest BCUT2D eigenvalue weighted by Crippen LogP contribution is -2.35. The van der Waals surface area contributed by atoms with Crippen molar-refractivity contribution >= 4 is 15.9 Å². The Morgan fingerprint density at radius 3 is 3.06 bits per heavy atom. The molecule has 1 aromatic heterocycles. The summed E-state index contributed by atoms with van der Waals surface area (Å²) in [4.78, 5) is 11.6. The van der Waals surface area contributed by atoms with E-state index in [0.717, 1.165) is 24.0 Å². The third-order valence-electron chi connectivity index (χ3n) is 3.08. The summed E-state index contributed by atoms with van der Waals surface area (Å²) in [7, 11) is 0. The van der Waals surface area contributed by atoms with Crippen molar-refractivity contribution in [2.45, 2.75) is 38.3 Å². The van der Waals surface area contributed by atoms with Crippen molar-refractivity contribution in [2.75, 3.05) is 6.54 Å². The molecule has 2 heterocycles. The van der Waals surface area contributed by atoms with Gasteiger partial charge in [-0.3, -0.25) is 4.79 Å². The number of aryl methyl sites for hydroxylation is 1. The van der Waals surface area contributed by atoms with E-state index >= 15 is 0 Å². The number of hydrogen-bond acceptors (Lipinski definition) is 2. The molecule has 88 valence electrons. The van der Waals surface area contributed by atoms with Crippen LogP contribution in [0.1, 0.15) is 25.7 Å². The molecule has 3 nitrogen and oxygen atoms in total. The Morgan fingerprint density at radius 2 is 2.31 bits per heavy atom. The zero-order chi connectivity index (χ0) is 11.4. The van der Waals surface area contributed by atoms with E-state index < -0.39 is 0 Å². The lowest BCUT2D eigenvalue weighted by atomic mass is 10.0. The van der Waals surface area contributed by atoms with Crippen molar-refractivity contribution in [3.05, 3.63) is 33.2 Å². The number of piperidine rings is 1. The van der Waals surface area contributed by atoms with Gasteiger partial charge in [-0.15, -0.1) is 0 Å². The van der Waals surface area contributed by atoms with Gasteiger partial charge in [0.05, 0.1) is 0 Å². The highest BCUT2D eigenvalue weighted by atomic mass is 79.9. The maximum Gasteiger partial charge on any atom is 0.250 e. The van der Waals surface area contributed by atoms with Crippen molar-refractivity contribution in [1.82, 2.24) is 9.88 Å². The number of pyridine rings is 1. The molecule has 16 heavy (non-hydrogen) atoms. The van der Waals surface area contributed by atoms with Crippen LogP contribution in [0.25, 0.3) is 0 Å². The molecular formula is C12H17BrN2O. The van der Waals surface area contributed by atoms with Gasteiger partial charge in [0.1, 0.15) is 0 Å². The van der Waals surface area contributed by atoms with Gasteiger partial charge in [0, 0.05) is 29.3 Å². The quantitative estimate of drug-likeness (QED) is 0.923. The lowest BCUT2D eigenvalue weighted by molar-refractivity contribution is 0.365. The molecular weight excluding hydrogens is 268 g/mol. The molecule has 1 saturated heterocycles. The zero-order valence-corrected chi connectivity index (χ0v) is 10.9. The highest BCUT2D eigenvalue weighted by Gasteiger charge is 2.12. The van der Waals surface area contributed by atoms with Crippen molar-refractivity contribution in [3.63, 3.8) is 0 Å². The number of nitrogens with zero attached hydrogens (tertiary/aromatic N) is 1. The van der Waals surface area contributed by atoms with Gasteiger partial charge in [0.15, 0.2) is 0 Å². The van der Waals surface area contributed by atoms with Crippen LogP contribution in [0.15, 0.2) is 27.6 Å². The average Bonchev–Trinajstić information content (AvgIpc) is 2.32. The van der Waals surface area contributed by atoms with Crippen LogP contribution in [-0.4, -0.2) is 17.2 Å². The van der Waals surface area contributed by atoms with Crippen LogP contribution in [-0.2, 0) is 6.54 Å². The molecule has 4 heteroatoms. The number of halogens is 1. The standard InChI is InChI=1S/C12H17BrN2O/c13-10-4-5-12(16)15(9-10)8-6-11-3-1-2-7-14-11/h4-5,9,11,14H,1-3,6-8H2. The molecule has 0 amide bonds. The second kappa shape index (κ2) is 5.64. The van der Waals surface area contributed by atoms with Crippen LogP contribution >= 0.6 is 15.9 Å². The fraction of sp³-hybridized carbons (Fsp3) is 0.583. The Kier molecular flexibility index (Phi) is 4.18. The third-order valence-corrected chi connectivity index (χ3v) is 3.55. The van der Waals surface area contributed by atoms with E-state index in [0.29, 0.717) is 6.04 Å². The first-order valence-electron chi connectivity index (χ1n) is 5.85. The molecule has 1 aliphatic heterocycles. The van der Waals surface area contributed by atoms with E-state index in [2.05, 4.69) is 21.2 Å². The summed E-state index contributed by atoms with van der Waals surface area (Å²) in [5.74, 6) is 0. The Balaban J connectivity index is 1.93. The predicted molar refractivity (Wildman–Crippen MR) is 68.7 cm³/mol. The van der Waals surface area contributed by atoms with E-state index in [9.17, 15) is 4.79 Å². The van der Waals surface area contributed by atoms with E-state index in [1.165, 1.54) is 19.3 Å². The monoisotopic (exact) mass is 284 g/mol. The highest BCUT2D eigenvalue weighted by Crippen LogP contribution is 2.11. The van der Waals surface area contributed by atoms with Gasteiger partial charge >= 0.3 is 0 Å². The van der Waals surface area contributed by atoms with Crippen LogP contribution in [0.2, 0.25) is 0 Å². The molecule has 0 aromatic carbocycles. The molecule has 0 aliphatic carbocycles. The molecule has 0 radical (unpaired) electrons. The van der Waals surface area contributed by atoms with E-state index in [1.54, 1.807) is 16.7 Å². The number of aromatic nitrogens is 1. The minimum atomic E-state index is 0.0824. The van der Waals surface area contributed by atoms with E-state index in [1.807, 2.05) is 6.20 Å². The van der Waals surface area contributed by atoms with Crippen LogP contribution in [0.3, 0.4) is 0 Å². The maximum absolute atomic E-state index is 11.6. The first-order valence-corrected chi connectivity index (χ1v) is 6.64. The first kappa shape index (κ1) is 11.9. The molecule has 1 aliphatic rings. The van der Waals surface area contributed by atoms with Gasteiger partial charge in [-0.1, -0.05) is 6.42 Å². The first-order chi connectivity index (χ1) is 7.75. The normalized spacial score (nSPS) is 20.9. The van der Waals surface area contributed by atoms with Crippen molar-refractivity contribution in [2.24, 2.45) is 0 Å².